The van der Waals surface area contributed by atoms with Crippen molar-refractivity contribution in [3.8, 4) is 0 Å². The molecular weight excluding hydrogens is 244 g/mol. The van der Waals surface area contributed by atoms with Gasteiger partial charge >= 0.3 is 0 Å². The van der Waals surface area contributed by atoms with Gasteiger partial charge in [-0.05, 0) is 6.42 Å². The summed E-state index contributed by atoms with van der Waals surface area (Å²) in [6.07, 6.45) is 5.86. The Hall–Kier alpha value is -1.85. The molecule has 104 valence electrons. The second kappa shape index (κ2) is 5.86. The quantitative estimate of drug-likeness (QED) is 0.819. The van der Waals surface area contributed by atoms with E-state index >= 15 is 0 Å². The van der Waals surface area contributed by atoms with Crippen LogP contribution in [0.4, 0.5) is 0 Å². The Balaban J connectivity index is 1.96. The standard InChI is InChI=1S/C13H20N4O2/c1-3-4-10-13(19)17(9-12(18)15-10)7-5-11-14-6-8-16(11)2/h6,8,10H,3-5,7,9H2,1-2H3,(H,15,18). The molecule has 6 heteroatoms. The van der Waals surface area contributed by atoms with Gasteiger partial charge in [-0.25, -0.2) is 4.98 Å². The summed E-state index contributed by atoms with van der Waals surface area (Å²) < 4.78 is 1.93. The summed E-state index contributed by atoms with van der Waals surface area (Å²) in [7, 11) is 1.92. The number of imidazole rings is 1. The molecule has 0 bridgehead atoms. The second-order valence-electron chi connectivity index (χ2n) is 4.87. The monoisotopic (exact) mass is 264 g/mol. The fourth-order valence-corrected chi connectivity index (χ4v) is 2.32. The lowest BCUT2D eigenvalue weighted by molar-refractivity contribution is -0.144. The zero-order chi connectivity index (χ0) is 13.8. The maximum Gasteiger partial charge on any atom is 0.245 e. The third-order valence-corrected chi connectivity index (χ3v) is 3.38. The number of amides is 2. The molecule has 0 aliphatic carbocycles. The third kappa shape index (κ3) is 3.13. The normalized spacial score (nSPS) is 19.7. The van der Waals surface area contributed by atoms with Crippen LogP contribution in [0.15, 0.2) is 12.4 Å². The first-order chi connectivity index (χ1) is 9.11. The molecule has 1 aromatic heterocycles. The van der Waals surface area contributed by atoms with Gasteiger partial charge in [-0.1, -0.05) is 13.3 Å². The van der Waals surface area contributed by atoms with Gasteiger partial charge in [0.15, 0.2) is 0 Å². The van der Waals surface area contributed by atoms with E-state index in [1.807, 2.05) is 24.7 Å². The zero-order valence-corrected chi connectivity index (χ0v) is 11.4. The van der Waals surface area contributed by atoms with E-state index in [-0.39, 0.29) is 24.4 Å². The summed E-state index contributed by atoms with van der Waals surface area (Å²) in [5.41, 5.74) is 0. The first-order valence-electron chi connectivity index (χ1n) is 6.66. The van der Waals surface area contributed by atoms with Gasteiger partial charge in [-0.3, -0.25) is 9.59 Å². The van der Waals surface area contributed by atoms with Gasteiger partial charge in [0.05, 0.1) is 6.54 Å². The van der Waals surface area contributed by atoms with Crippen LogP contribution in [0.3, 0.4) is 0 Å². The third-order valence-electron chi connectivity index (χ3n) is 3.38. The highest BCUT2D eigenvalue weighted by Gasteiger charge is 2.31. The maximum absolute atomic E-state index is 12.2. The molecule has 19 heavy (non-hydrogen) atoms. The van der Waals surface area contributed by atoms with Gasteiger partial charge in [0.2, 0.25) is 11.8 Å². The highest BCUT2D eigenvalue weighted by atomic mass is 16.2. The molecule has 1 unspecified atom stereocenters. The van der Waals surface area contributed by atoms with E-state index in [0.717, 1.165) is 12.2 Å². The number of carbonyl (C=O) groups is 2. The fraction of sp³-hybridized carbons (Fsp3) is 0.615. The van der Waals surface area contributed by atoms with Gasteiger partial charge < -0.3 is 14.8 Å². The first kappa shape index (κ1) is 13.6. The second-order valence-corrected chi connectivity index (χ2v) is 4.87. The number of nitrogens with zero attached hydrogens (tertiary/aromatic N) is 3. The molecule has 1 N–H and O–H groups in total. The minimum absolute atomic E-state index is 0.0238. The molecular formula is C13H20N4O2. The Kier molecular flexibility index (Phi) is 4.19. The number of hydrogen-bond acceptors (Lipinski definition) is 3. The van der Waals surface area contributed by atoms with Crippen LogP contribution >= 0.6 is 0 Å². The molecule has 1 aliphatic heterocycles. The summed E-state index contributed by atoms with van der Waals surface area (Å²) >= 11 is 0. The molecule has 1 atom stereocenters. The van der Waals surface area contributed by atoms with Crippen molar-refractivity contribution in [2.45, 2.75) is 32.2 Å². The van der Waals surface area contributed by atoms with E-state index in [1.54, 1.807) is 11.1 Å². The minimum Gasteiger partial charge on any atom is -0.343 e. The molecule has 1 saturated heterocycles. The number of aromatic nitrogens is 2. The van der Waals surface area contributed by atoms with Crippen molar-refractivity contribution in [3.63, 3.8) is 0 Å². The van der Waals surface area contributed by atoms with Crippen LogP contribution in [0.25, 0.3) is 0 Å². The Bertz CT molecular complexity index is 469. The SMILES string of the molecule is CCCC1NC(=O)CN(CCc2nccn2C)C1=O. The molecule has 1 aliphatic rings. The van der Waals surface area contributed by atoms with E-state index in [9.17, 15) is 9.59 Å². The van der Waals surface area contributed by atoms with Crippen molar-refractivity contribution in [1.82, 2.24) is 19.8 Å². The molecule has 2 amide bonds. The Morgan fingerprint density at radius 2 is 2.26 bits per heavy atom. The minimum atomic E-state index is -0.354. The van der Waals surface area contributed by atoms with E-state index in [2.05, 4.69) is 10.3 Å². The molecule has 6 nitrogen and oxygen atoms in total. The number of piperazine rings is 1. The number of carbonyl (C=O) groups excluding carboxylic acids is 2. The lowest BCUT2D eigenvalue weighted by Crippen LogP contribution is -2.58. The molecule has 0 saturated carbocycles. The van der Waals surface area contributed by atoms with Gasteiger partial charge in [-0.2, -0.15) is 0 Å². The van der Waals surface area contributed by atoms with Crippen LogP contribution in [0, 0.1) is 0 Å². The van der Waals surface area contributed by atoms with E-state index in [4.69, 9.17) is 0 Å². The van der Waals surface area contributed by atoms with Crippen molar-refractivity contribution >= 4 is 11.8 Å². The van der Waals surface area contributed by atoms with Crippen LogP contribution < -0.4 is 5.32 Å². The van der Waals surface area contributed by atoms with Crippen molar-refractivity contribution in [2.75, 3.05) is 13.1 Å². The Morgan fingerprint density at radius 3 is 2.89 bits per heavy atom. The first-order valence-corrected chi connectivity index (χ1v) is 6.66. The topological polar surface area (TPSA) is 67.2 Å². The lowest BCUT2D eigenvalue weighted by Gasteiger charge is -2.32. The molecule has 0 spiro atoms. The molecule has 1 fully saturated rings. The predicted octanol–water partition coefficient (Wildman–Crippen LogP) is 0.0897. The van der Waals surface area contributed by atoms with Crippen LogP contribution in [0.5, 0.6) is 0 Å². The maximum atomic E-state index is 12.2. The number of nitrogens with one attached hydrogen (secondary N) is 1. The average molecular weight is 264 g/mol. The van der Waals surface area contributed by atoms with Crippen LogP contribution in [0.1, 0.15) is 25.6 Å². The number of hydrogen-bond donors (Lipinski definition) is 1. The molecule has 2 rings (SSSR count). The Labute approximate surface area is 112 Å². The van der Waals surface area contributed by atoms with Crippen LogP contribution in [-0.2, 0) is 23.1 Å². The largest absolute Gasteiger partial charge is 0.343 e. The summed E-state index contributed by atoms with van der Waals surface area (Å²) in [6, 6.07) is -0.354. The highest BCUT2D eigenvalue weighted by molar-refractivity contribution is 5.94. The van der Waals surface area contributed by atoms with Crippen LogP contribution in [0.2, 0.25) is 0 Å². The van der Waals surface area contributed by atoms with E-state index in [0.29, 0.717) is 19.4 Å². The van der Waals surface area contributed by atoms with E-state index < -0.39 is 0 Å². The average Bonchev–Trinajstić information content (AvgIpc) is 2.77. The van der Waals surface area contributed by atoms with Gasteiger partial charge in [0.1, 0.15) is 11.9 Å². The van der Waals surface area contributed by atoms with Crippen molar-refractivity contribution < 1.29 is 9.59 Å². The number of rotatable bonds is 5. The van der Waals surface area contributed by atoms with Gasteiger partial charge in [0, 0.05) is 32.4 Å². The van der Waals surface area contributed by atoms with Gasteiger partial charge in [-0.15, -0.1) is 0 Å². The molecule has 0 aromatic carbocycles. The zero-order valence-electron chi connectivity index (χ0n) is 11.4. The molecule has 1 aromatic rings. The van der Waals surface area contributed by atoms with Crippen molar-refractivity contribution in [1.29, 1.82) is 0 Å². The smallest absolute Gasteiger partial charge is 0.245 e. The summed E-state index contributed by atoms with van der Waals surface area (Å²) in [5, 5.41) is 2.75. The van der Waals surface area contributed by atoms with Crippen molar-refractivity contribution in [2.24, 2.45) is 7.05 Å². The Morgan fingerprint density at radius 1 is 1.47 bits per heavy atom. The van der Waals surface area contributed by atoms with Gasteiger partial charge in [0.25, 0.3) is 0 Å². The fourth-order valence-electron chi connectivity index (χ4n) is 2.32. The predicted molar refractivity (Wildman–Crippen MR) is 70.3 cm³/mol. The summed E-state index contributed by atoms with van der Waals surface area (Å²) in [4.78, 5) is 29.7. The van der Waals surface area contributed by atoms with Crippen molar-refractivity contribution in [3.05, 3.63) is 18.2 Å². The van der Waals surface area contributed by atoms with E-state index in [1.165, 1.54) is 0 Å². The highest BCUT2D eigenvalue weighted by Crippen LogP contribution is 2.09. The summed E-state index contributed by atoms with van der Waals surface area (Å²) in [5.74, 6) is 0.874. The number of aryl methyl sites for hydroxylation is 1. The van der Waals surface area contributed by atoms with Crippen LogP contribution in [-0.4, -0.2) is 45.4 Å². The lowest BCUT2D eigenvalue weighted by atomic mass is 10.1. The molecule has 2 heterocycles. The summed E-state index contributed by atoms with van der Waals surface area (Å²) in [6.45, 7) is 2.70. The molecule has 0 radical (unpaired) electrons.